The summed E-state index contributed by atoms with van der Waals surface area (Å²) in [6.45, 7) is 4.23. The Morgan fingerprint density at radius 1 is 1.13 bits per heavy atom. The summed E-state index contributed by atoms with van der Waals surface area (Å²) < 4.78 is 21.8. The molecule has 2 aromatic heterocycles. The van der Waals surface area contributed by atoms with Gasteiger partial charge in [-0.05, 0) is 41.8 Å². The third kappa shape index (κ3) is 4.34. The second-order valence-electron chi connectivity index (χ2n) is 7.63. The van der Waals surface area contributed by atoms with Crippen molar-refractivity contribution in [2.24, 2.45) is 0 Å². The zero-order chi connectivity index (χ0) is 22.0. The standard InChI is InChI=1S/C23H23FN4O3/c1-15(2)19-5-3-4-6-21(19)31-13-18(29)12-27-14-25-22-20(23(27)30)11-26-28(22)17-9-7-16(24)8-10-17/h3-11,14-15,18,29H,12-13H2,1-2H3/t18-/m1/s1. The van der Waals surface area contributed by atoms with Crippen molar-refractivity contribution in [1.82, 2.24) is 19.3 Å². The maximum Gasteiger partial charge on any atom is 0.264 e. The van der Waals surface area contributed by atoms with Gasteiger partial charge in [0.15, 0.2) is 5.65 Å². The van der Waals surface area contributed by atoms with E-state index in [1.54, 1.807) is 12.1 Å². The summed E-state index contributed by atoms with van der Waals surface area (Å²) in [5.74, 6) is 0.654. The molecule has 0 saturated carbocycles. The lowest BCUT2D eigenvalue weighted by Crippen LogP contribution is -2.30. The third-order valence-corrected chi connectivity index (χ3v) is 5.01. The maximum absolute atomic E-state index is 13.2. The first-order chi connectivity index (χ1) is 14.9. The van der Waals surface area contributed by atoms with Crippen LogP contribution in [0, 0.1) is 5.82 Å². The monoisotopic (exact) mass is 422 g/mol. The van der Waals surface area contributed by atoms with Crippen LogP contribution in [0.15, 0.2) is 65.8 Å². The second-order valence-corrected chi connectivity index (χ2v) is 7.63. The molecule has 1 N–H and O–H groups in total. The molecule has 0 aliphatic carbocycles. The number of benzene rings is 2. The molecule has 31 heavy (non-hydrogen) atoms. The largest absolute Gasteiger partial charge is 0.491 e. The molecule has 0 radical (unpaired) electrons. The normalized spacial score (nSPS) is 12.4. The van der Waals surface area contributed by atoms with Gasteiger partial charge in [0, 0.05) is 0 Å². The van der Waals surface area contributed by atoms with Gasteiger partial charge in [-0.2, -0.15) is 5.10 Å². The Bertz CT molecular complexity index is 1250. The first-order valence-electron chi connectivity index (χ1n) is 10.0. The number of ether oxygens (including phenoxy) is 1. The van der Waals surface area contributed by atoms with Gasteiger partial charge in [0.25, 0.3) is 5.56 Å². The average molecular weight is 422 g/mol. The quantitative estimate of drug-likeness (QED) is 0.494. The van der Waals surface area contributed by atoms with Crippen molar-refractivity contribution in [3.63, 3.8) is 0 Å². The smallest absolute Gasteiger partial charge is 0.264 e. The SMILES string of the molecule is CC(C)c1ccccc1OC[C@H](O)Cn1cnc2c(cnn2-c2ccc(F)cc2)c1=O. The molecule has 0 fully saturated rings. The van der Waals surface area contributed by atoms with Gasteiger partial charge in [-0.25, -0.2) is 14.1 Å². The second kappa shape index (κ2) is 8.69. The Balaban J connectivity index is 1.51. The summed E-state index contributed by atoms with van der Waals surface area (Å²) in [4.78, 5) is 17.2. The van der Waals surface area contributed by atoms with Crippen LogP contribution >= 0.6 is 0 Å². The molecule has 4 rings (SSSR count). The lowest BCUT2D eigenvalue weighted by molar-refractivity contribution is 0.0909. The molecule has 0 aliphatic rings. The molecule has 0 aliphatic heterocycles. The summed E-state index contributed by atoms with van der Waals surface area (Å²) >= 11 is 0. The Kier molecular flexibility index (Phi) is 5.81. The fourth-order valence-corrected chi connectivity index (χ4v) is 3.40. The van der Waals surface area contributed by atoms with E-state index in [0.717, 1.165) is 11.3 Å². The predicted molar refractivity (Wildman–Crippen MR) is 115 cm³/mol. The highest BCUT2D eigenvalue weighted by Crippen LogP contribution is 2.26. The summed E-state index contributed by atoms with van der Waals surface area (Å²) in [5, 5.41) is 15.0. The number of rotatable bonds is 7. The average Bonchev–Trinajstić information content (AvgIpc) is 3.20. The minimum Gasteiger partial charge on any atom is -0.491 e. The molecular formula is C23H23FN4O3. The van der Waals surface area contributed by atoms with Gasteiger partial charge in [-0.15, -0.1) is 0 Å². The number of hydrogen-bond donors (Lipinski definition) is 1. The van der Waals surface area contributed by atoms with Crippen molar-refractivity contribution in [3.05, 3.63) is 82.8 Å². The van der Waals surface area contributed by atoms with E-state index in [1.807, 2.05) is 24.3 Å². The molecule has 2 aromatic carbocycles. The first-order valence-corrected chi connectivity index (χ1v) is 10.0. The number of aliphatic hydroxyl groups excluding tert-OH is 1. The van der Waals surface area contributed by atoms with Crippen molar-refractivity contribution in [2.75, 3.05) is 6.61 Å². The minimum atomic E-state index is -0.899. The van der Waals surface area contributed by atoms with Gasteiger partial charge in [0.05, 0.1) is 18.4 Å². The van der Waals surface area contributed by atoms with E-state index in [9.17, 15) is 14.3 Å². The fourth-order valence-electron chi connectivity index (χ4n) is 3.40. The summed E-state index contributed by atoms with van der Waals surface area (Å²) in [6, 6.07) is 13.4. The van der Waals surface area contributed by atoms with Crippen molar-refractivity contribution in [1.29, 1.82) is 0 Å². The summed E-state index contributed by atoms with van der Waals surface area (Å²) in [5.41, 5.74) is 1.70. The molecule has 160 valence electrons. The zero-order valence-corrected chi connectivity index (χ0v) is 17.3. The molecule has 8 heteroatoms. The van der Waals surface area contributed by atoms with Crippen LogP contribution in [0.5, 0.6) is 5.75 Å². The van der Waals surface area contributed by atoms with E-state index < -0.39 is 6.10 Å². The maximum atomic E-state index is 13.2. The topological polar surface area (TPSA) is 82.2 Å². The van der Waals surface area contributed by atoms with Crippen LogP contribution in [0.4, 0.5) is 4.39 Å². The Morgan fingerprint density at radius 3 is 2.61 bits per heavy atom. The van der Waals surface area contributed by atoms with Crippen LogP contribution in [-0.2, 0) is 6.54 Å². The molecule has 7 nitrogen and oxygen atoms in total. The van der Waals surface area contributed by atoms with Gasteiger partial charge in [0.2, 0.25) is 0 Å². The number of fused-ring (bicyclic) bond motifs is 1. The number of para-hydroxylation sites is 1. The van der Waals surface area contributed by atoms with Crippen molar-refractivity contribution >= 4 is 11.0 Å². The van der Waals surface area contributed by atoms with Crippen LogP contribution in [-0.4, -0.2) is 37.1 Å². The van der Waals surface area contributed by atoms with Crippen LogP contribution in [0.2, 0.25) is 0 Å². The zero-order valence-electron chi connectivity index (χ0n) is 17.3. The third-order valence-electron chi connectivity index (χ3n) is 5.01. The van der Waals surface area contributed by atoms with Crippen molar-refractivity contribution in [3.8, 4) is 11.4 Å². The van der Waals surface area contributed by atoms with E-state index in [-0.39, 0.29) is 24.5 Å². The van der Waals surface area contributed by atoms with Crippen LogP contribution in [0.25, 0.3) is 16.7 Å². The number of hydrogen-bond acceptors (Lipinski definition) is 5. The number of aliphatic hydroxyl groups is 1. The number of nitrogens with zero attached hydrogens (tertiary/aromatic N) is 4. The van der Waals surface area contributed by atoms with E-state index in [4.69, 9.17) is 4.74 Å². The summed E-state index contributed by atoms with van der Waals surface area (Å²) in [6.07, 6.45) is 1.90. The highest BCUT2D eigenvalue weighted by atomic mass is 19.1. The molecule has 0 spiro atoms. The summed E-state index contributed by atoms with van der Waals surface area (Å²) in [7, 11) is 0. The van der Waals surface area contributed by atoms with Gasteiger partial charge in [-0.1, -0.05) is 32.0 Å². The van der Waals surface area contributed by atoms with E-state index in [2.05, 4.69) is 23.9 Å². The lowest BCUT2D eigenvalue weighted by atomic mass is 10.0. The Hall–Kier alpha value is -3.52. The van der Waals surface area contributed by atoms with Gasteiger partial charge in [-0.3, -0.25) is 9.36 Å². The molecular weight excluding hydrogens is 399 g/mol. The van der Waals surface area contributed by atoms with E-state index in [1.165, 1.54) is 33.9 Å². The van der Waals surface area contributed by atoms with Crippen LogP contribution in [0.1, 0.15) is 25.3 Å². The number of aromatic nitrogens is 4. The fraction of sp³-hybridized carbons (Fsp3) is 0.261. The molecule has 0 amide bonds. The Labute approximate surface area is 178 Å². The molecule has 1 atom stereocenters. The van der Waals surface area contributed by atoms with Gasteiger partial charge < -0.3 is 9.84 Å². The molecule has 2 heterocycles. The van der Waals surface area contributed by atoms with Crippen molar-refractivity contribution in [2.45, 2.75) is 32.4 Å². The van der Waals surface area contributed by atoms with Gasteiger partial charge >= 0.3 is 0 Å². The number of halogens is 1. The lowest BCUT2D eigenvalue weighted by Gasteiger charge is -2.17. The first kappa shape index (κ1) is 20.7. The molecule has 4 aromatic rings. The van der Waals surface area contributed by atoms with E-state index in [0.29, 0.717) is 22.6 Å². The predicted octanol–water partition coefficient (Wildman–Crippen LogP) is 3.28. The van der Waals surface area contributed by atoms with Crippen LogP contribution < -0.4 is 10.3 Å². The van der Waals surface area contributed by atoms with Crippen LogP contribution in [0.3, 0.4) is 0 Å². The highest BCUT2D eigenvalue weighted by molar-refractivity contribution is 5.74. The minimum absolute atomic E-state index is 0.0351. The molecule has 0 bridgehead atoms. The highest BCUT2D eigenvalue weighted by Gasteiger charge is 2.15. The molecule has 0 saturated heterocycles. The van der Waals surface area contributed by atoms with Gasteiger partial charge in [0.1, 0.15) is 36.0 Å². The van der Waals surface area contributed by atoms with E-state index >= 15 is 0 Å². The van der Waals surface area contributed by atoms with Crippen molar-refractivity contribution < 1.29 is 14.2 Å². The Morgan fingerprint density at radius 2 is 1.87 bits per heavy atom. The molecule has 0 unspecified atom stereocenters.